The first-order chi connectivity index (χ1) is 7.06. The van der Waals surface area contributed by atoms with Crippen molar-refractivity contribution in [3.63, 3.8) is 0 Å². The first-order valence-electron chi connectivity index (χ1n) is 4.95. The Kier molecular flexibility index (Phi) is 3.66. The number of nitrogens with one attached hydrogen (secondary N) is 1. The van der Waals surface area contributed by atoms with Crippen LogP contribution in [0.1, 0.15) is 19.8 Å². The Morgan fingerprint density at radius 2 is 2.20 bits per heavy atom. The van der Waals surface area contributed by atoms with E-state index in [0.29, 0.717) is 12.1 Å². The summed E-state index contributed by atoms with van der Waals surface area (Å²) in [7, 11) is 0. The predicted molar refractivity (Wildman–Crippen MR) is 57.9 cm³/mol. The number of hydrogen-bond acceptors (Lipinski definition) is 2. The van der Waals surface area contributed by atoms with Crippen molar-refractivity contribution >= 4 is 11.8 Å². The van der Waals surface area contributed by atoms with Gasteiger partial charge in [0.1, 0.15) is 6.17 Å². The van der Waals surface area contributed by atoms with E-state index in [0.717, 1.165) is 12.8 Å². The van der Waals surface area contributed by atoms with Gasteiger partial charge in [-0.05, 0) is 25.8 Å². The van der Waals surface area contributed by atoms with E-state index in [-0.39, 0.29) is 18.0 Å². The van der Waals surface area contributed by atoms with Crippen molar-refractivity contribution in [3.8, 4) is 0 Å². The minimum atomic E-state index is -0.209. The van der Waals surface area contributed by atoms with Gasteiger partial charge in [-0.2, -0.15) is 0 Å². The third-order valence-corrected chi connectivity index (χ3v) is 2.40. The Hall–Kier alpha value is -1.58. The number of amides is 2. The van der Waals surface area contributed by atoms with Crippen LogP contribution in [0.5, 0.6) is 0 Å². The van der Waals surface area contributed by atoms with Gasteiger partial charge in [0.15, 0.2) is 0 Å². The number of carbonyl (C=O) groups excluding carboxylic acids is 2. The molecule has 1 saturated heterocycles. The molecule has 0 saturated carbocycles. The Morgan fingerprint density at radius 3 is 2.73 bits per heavy atom. The van der Waals surface area contributed by atoms with E-state index in [1.54, 1.807) is 11.8 Å². The van der Waals surface area contributed by atoms with E-state index in [1.165, 1.54) is 6.08 Å². The molecule has 0 radical (unpaired) electrons. The van der Waals surface area contributed by atoms with Crippen molar-refractivity contribution in [2.45, 2.75) is 25.9 Å². The lowest BCUT2D eigenvalue weighted by atomic mass is 10.3. The second-order valence-corrected chi connectivity index (χ2v) is 3.65. The van der Waals surface area contributed by atoms with Crippen LogP contribution in [-0.4, -0.2) is 29.4 Å². The van der Waals surface area contributed by atoms with Crippen molar-refractivity contribution in [1.82, 2.24) is 10.2 Å². The summed E-state index contributed by atoms with van der Waals surface area (Å²) in [5.41, 5.74) is 0.452. The summed E-state index contributed by atoms with van der Waals surface area (Å²) in [5.74, 6) is -0.344. The quantitative estimate of drug-likeness (QED) is 0.698. The standard InChI is InChI=1S/C11H16N2O2/c1-4-10(14)13-7-5-6-9(13)12-11(15)8(2)3/h4,9H,1-2,5-7H2,3H3,(H,12,15). The second-order valence-electron chi connectivity index (χ2n) is 3.65. The molecule has 15 heavy (non-hydrogen) atoms. The number of likely N-dealkylation sites (tertiary alicyclic amines) is 1. The van der Waals surface area contributed by atoms with Crippen LogP contribution in [0.15, 0.2) is 24.8 Å². The normalized spacial score (nSPS) is 19.8. The van der Waals surface area contributed by atoms with Gasteiger partial charge in [0.2, 0.25) is 11.8 Å². The van der Waals surface area contributed by atoms with Crippen LogP contribution in [0.25, 0.3) is 0 Å². The van der Waals surface area contributed by atoms with Crippen molar-refractivity contribution in [2.75, 3.05) is 6.54 Å². The fraction of sp³-hybridized carbons (Fsp3) is 0.455. The zero-order chi connectivity index (χ0) is 11.4. The largest absolute Gasteiger partial charge is 0.332 e. The summed E-state index contributed by atoms with van der Waals surface area (Å²) >= 11 is 0. The maximum absolute atomic E-state index is 11.4. The zero-order valence-corrected chi connectivity index (χ0v) is 8.95. The monoisotopic (exact) mass is 208 g/mol. The molecule has 1 rings (SSSR count). The lowest BCUT2D eigenvalue weighted by Gasteiger charge is -2.24. The highest BCUT2D eigenvalue weighted by Crippen LogP contribution is 2.15. The van der Waals surface area contributed by atoms with E-state index in [1.807, 2.05) is 0 Å². The van der Waals surface area contributed by atoms with Crippen LogP contribution in [0.4, 0.5) is 0 Å². The van der Waals surface area contributed by atoms with Gasteiger partial charge >= 0.3 is 0 Å². The topological polar surface area (TPSA) is 49.4 Å². The van der Waals surface area contributed by atoms with Gasteiger partial charge in [-0.1, -0.05) is 13.2 Å². The van der Waals surface area contributed by atoms with Crippen LogP contribution < -0.4 is 5.32 Å². The minimum Gasteiger partial charge on any atom is -0.332 e. The molecule has 0 aliphatic carbocycles. The molecule has 0 spiro atoms. The minimum absolute atomic E-state index is 0.139. The van der Waals surface area contributed by atoms with Crippen LogP contribution >= 0.6 is 0 Å². The highest BCUT2D eigenvalue weighted by Gasteiger charge is 2.28. The molecule has 1 aliphatic heterocycles. The predicted octanol–water partition coefficient (Wildman–Crippen LogP) is 0.813. The summed E-state index contributed by atoms with van der Waals surface area (Å²) in [6.45, 7) is 9.30. The molecule has 1 fully saturated rings. The van der Waals surface area contributed by atoms with Crippen molar-refractivity contribution in [3.05, 3.63) is 24.8 Å². The Labute approximate surface area is 89.6 Å². The number of carbonyl (C=O) groups is 2. The molecule has 1 heterocycles. The van der Waals surface area contributed by atoms with E-state index >= 15 is 0 Å². The van der Waals surface area contributed by atoms with Gasteiger partial charge in [0.25, 0.3) is 0 Å². The molecular formula is C11H16N2O2. The maximum atomic E-state index is 11.4. The van der Waals surface area contributed by atoms with Crippen LogP contribution in [-0.2, 0) is 9.59 Å². The van der Waals surface area contributed by atoms with E-state index < -0.39 is 0 Å². The zero-order valence-electron chi connectivity index (χ0n) is 8.95. The lowest BCUT2D eigenvalue weighted by Crippen LogP contribution is -2.46. The average molecular weight is 208 g/mol. The van der Waals surface area contributed by atoms with E-state index in [4.69, 9.17) is 0 Å². The molecule has 0 aromatic rings. The first kappa shape index (κ1) is 11.5. The number of rotatable bonds is 3. The third kappa shape index (κ3) is 2.68. The molecular weight excluding hydrogens is 192 g/mol. The van der Waals surface area contributed by atoms with Crippen LogP contribution in [0, 0.1) is 0 Å². The second kappa shape index (κ2) is 4.77. The molecule has 2 amide bonds. The summed E-state index contributed by atoms with van der Waals surface area (Å²) in [6, 6.07) is 0. The lowest BCUT2D eigenvalue weighted by molar-refractivity contribution is -0.128. The van der Waals surface area contributed by atoms with Crippen LogP contribution in [0.2, 0.25) is 0 Å². The summed E-state index contributed by atoms with van der Waals surface area (Å²) in [6.07, 6.45) is 2.75. The Morgan fingerprint density at radius 1 is 1.53 bits per heavy atom. The molecule has 0 aromatic heterocycles. The van der Waals surface area contributed by atoms with Gasteiger partial charge in [0.05, 0.1) is 0 Å². The first-order valence-corrected chi connectivity index (χ1v) is 4.95. The average Bonchev–Trinajstić information content (AvgIpc) is 2.64. The highest BCUT2D eigenvalue weighted by atomic mass is 16.2. The third-order valence-electron chi connectivity index (χ3n) is 2.40. The van der Waals surface area contributed by atoms with E-state index in [2.05, 4.69) is 18.5 Å². The Bertz CT molecular complexity index is 310. The molecule has 4 heteroatoms. The molecule has 82 valence electrons. The molecule has 0 aromatic carbocycles. The molecule has 1 N–H and O–H groups in total. The van der Waals surface area contributed by atoms with Crippen LogP contribution in [0.3, 0.4) is 0 Å². The van der Waals surface area contributed by atoms with Gasteiger partial charge < -0.3 is 10.2 Å². The smallest absolute Gasteiger partial charge is 0.247 e. The molecule has 0 bridgehead atoms. The van der Waals surface area contributed by atoms with Crippen molar-refractivity contribution in [2.24, 2.45) is 0 Å². The number of hydrogen-bond donors (Lipinski definition) is 1. The van der Waals surface area contributed by atoms with Gasteiger partial charge in [-0.25, -0.2) is 0 Å². The highest BCUT2D eigenvalue weighted by molar-refractivity contribution is 5.93. The van der Waals surface area contributed by atoms with Gasteiger partial charge in [-0.15, -0.1) is 0 Å². The van der Waals surface area contributed by atoms with Crippen molar-refractivity contribution in [1.29, 1.82) is 0 Å². The Balaban J connectivity index is 2.61. The fourth-order valence-electron chi connectivity index (χ4n) is 1.57. The molecule has 4 nitrogen and oxygen atoms in total. The maximum Gasteiger partial charge on any atom is 0.247 e. The van der Waals surface area contributed by atoms with Gasteiger partial charge in [-0.3, -0.25) is 9.59 Å². The fourth-order valence-corrected chi connectivity index (χ4v) is 1.57. The van der Waals surface area contributed by atoms with E-state index in [9.17, 15) is 9.59 Å². The summed E-state index contributed by atoms with van der Waals surface area (Å²) in [5, 5.41) is 2.76. The molecule has 1 atom stereocenters. The number of nitrogens with zero attached hydrogens (tertiary/aromatic N) is 1. The van der Waals surface area contributed by atoms with Crippen molar-refractivity contribution < 1.29 is 9.59 Å². The summed E-state index contributed by atoms with van der Waals surface area (Å²) in [4.78, 5) is 24.4. The molecule has 1 aliphatic rings. The SMILES string of the molecule is C=CC(=O)N1CCCC1NC(=O)C(=C)C. The summed E-state index contributed by atoms with van der Waals surface area (Å²) < 4.78 is 0. The van der Waals surface area contributed by atoms with Gasteiger partial charge in [0, 0.05) is 12.1 Å². The molecule has 1 unspecified atom stereocenters.